The molecule has 1 aromatic heterocycles. The highest BCUT2D eigenvalue weighted by atomic mass is 32.2. The molecule has 6 nitrogen and oxygen atoms in total. The molecule has 1 aliphatic rings. The molecule has 3 aromatic rings. The fourth-order valence-electron chi connectivity index (χ4n) is 2.87. The summed E-state index contributed by atoms with van der Waals surface area (Å²) < 4.78 is 15.7. The second kappa shape index (κ2) is 8.10. The largest absolute Gasteiger partial charge is 0.325 e. The van der Waals surface area contributed by atoms with Gasteiger partial charge >= 0.3 is 0 Å². The van der Waals surface area contributed by atoms with Gasteiger partial charge in [0.1, 0.15) is 11.2 Å². The molecule has 1 aliphatic heterocycles. The number of aromatic nitrogens is 4. The molecule has 0 radical (unpaired) electrons. The van der Waals surface area contributed by atoms with Gasteiger partial charge < -0.3 is 4.90 Å². The van der Waals surface area contributed by atoms with Crippen molar-refractivity contribution in [3.8, 4) is 5.69 Å². The van der Waals surface area contributed by atoms with Gasteiger partial charge in [0, 0.05) is 17.9 Å². The van der Waals surface area contributed by atoms with Crippen molar-refractivity contribution >= 4 is 29.4 Å². The van der Waals surface area contributed by atoms with Crippen molar-refractivity contribution in [1.29, 1.82) is 0 Å². The van der Waals surface area contributed by atoms with E-state index < -0.39 is 0 Å². The Morgan fingerprint density at radius 3 is 2.78 bits per heavy atom. The number of amides is 1. The SMILES string of the molecule is O=C(CSc1nnnn1-c1ccccc1)N1CCS[C@@H]1c1ccccc1F. The molecule has 1 fully saturated rings. The Labute approximate surface area is 164 Å². The van der Waals surface area contributed by atoms with E-state index in [0.717, 1.165) is 11.4 Å². The van der Waals surface area contributed by atoms with E-state index in [1.807, 2.05) is 30.3 Å². The first-order chi connectivity index (χ1) is 13.2. The van der Waals surface area contributed by atoms with Crippen molar-refractivity contribution in [3.05, 3.63) is 66.0 Å². The zero-order valence-corrected chi connectivity index (χ0v) is 15.9. The van der Waals surface area contributed by atoms with Gasteiger partial charge in [0.2, 0.25) is 11.1 Å². The summed E-state index contributed by atoms with van der Waals surface area (Å²) >= 11 is 2.86. The highest BCUT2D eigenvalue weighted by Gasteiger charge is 2.32. The van der Waals surface area contributed by atoms with Crippen LogP contribution < -0.4 is 0 Å². The third kappa shape index (κ3) is 3.84. The van der Waals surface area contributed by atoms with Crippen molar-refractivity contribution in [1.82, 2.24) is 25.1 Å². The maximum Gasteiger partial charge on any atom is 0.234 e. The number of halogens is 1. The molecule has 2 heterocycles. The number of thioether (sulfide) groups is 2. The Bertz CT molecular complexity index is 936. The molecular formula is C18H16FN5OS2. The van der Waals surface area contributed by atoms with Crippen LogP contribution in [0.25, 0.3) is 5.69 Å². The summed E-state index contributed by atoms with van der Waals surface area (Å²) in [5.74, 6) is 0.645. The number of tetrazole rings is 1. The molecular weight excluding hydrogens is 385 g/mol. The average molecular weight is 401 g/mol. The lowest BCUT2D eigenvalue weighted by Crippen LogP contribution is -2.32. The monoisotopic (exact) mass is 401 g/mol. The van der Waals surface area contributed by atoms with E-state index in [0.29, 0.717) is 17.3 Å². The summed E-state index contributed by atoms with van der Waals surface area (Å²) in [5.41, 5.74) is 1.38. The van der Waals surface area contributed by atoms with Crippen LogP contribution in [0.5, 0.6) is 0 Å². The quantitative estimate of drug-likeness (QED) is 0.612. The number of nitrogens with zero attached hydrogens (tertiary/aromatic N) is 5. The first kappa shape index (κ1) is 18.0. The van der Waals surface area contributed by atoms with Gasteiger partial charge in [0.25, 0.3) is 0 Å². The Hall–Kier alpha value is -2.39. The molecule has 0 bridgehead atoms. The molecule has 0 N–H and O–H groups in total. The third-order valence-electron chi connectivity index (χ3n) is 4.15. The zero-order chi connectivity index (χ0) is 18.6. The highest BCUT2D eigenvalue weighted by molar-refractivity contribution is 8.00. The molecule has 4 rings (SSSR count). The predicted molar refractivity (Wildman–Crippen MR) is 103 cm³/mol. The number of carbonyl (C=O) groups is 1. The van der Waals surface area contributed by atoms with Gasteiger partial charge in [-0.25, -0.2) is 4.39 Å². The number of hydrogen-bond donors (Lipinski definition) is 0. The van der Waals surface area contributed by atoms with Gasteiger partial charge in [-0.1, -0.05) is 48.2 Å². The number of carbonyl (C=O) groups excluding carboxylic acids is 1. The molecule has 1 amide bonds. The van der Waals surface area contributed by atoms with Crippen LogP contribution in [0.15, 0.2) is 59.8 Å². The second-order valence-electron chi connectivity index (χ2n) is 5.83. The zero-order valence-electron chi connectivity index (χ0n) is 14.2. The fraction of sp³-hybridized carbons (Fsp3) is 0.222. The van der Waals surface area contributed by atoms with E-state index in [4.69, 9.17) is 0 Å². The van der Waals surface area contributed by atoms with E-state index in [1.54, 1.807) is 39.5 Å². The first-order valence-electron chi connectivity index (χ1n) is 8.36. The molecule has 1 saturated heterocycles. The smallest absolute Gasteiger partial charge is 0.234 e. The number of hydrogen-bond acceptors (Lipinski definition) is 6. The molecule has 27 heavy (non-hydrogen) atoms. The van der Waals surface area contributed by atoms with Crippen molar-refractivity contribution in [2.24, 2.45) is 0 Å². The van der Waals surface area contributed by atoms with Crippen LogP contribution >= 0.6 is 23.5 Å². The average Bonchev–Trinajstić information content (AvgIpc) is 3.37. The molecule has 0 saturated carbocycles. The lowest BCUT2D eigenvalue weighted by molar-refractivity contribution is -0.128. The first-order valence-corrected chi connectivity index (χ1v) is 10.4. The molecule has 0 aliphatic carbocycles. The summed E-state index contributed by atoms with van der Waals surface area (Å²) in [4.78, 5) is 14.5. The van der Waals surface area contributed by atoms with E-state index in [9.17, 15) is 9.18 Å². The minimum Gasteiger partial charge on any atom is -0.325 e. The van der Waals surface area contributed by atoms with Crippen LogP contribution in [-0.4, -0.2) is 49.1 Å². The summed E-state index contributed by atoms with van der Waals surface area (Å²) in [6, 6.07) is 16.1. The van der Waals surface area contributed by atoms with Crippen LogP contribution in [0, 0.1) is 5.82 Å². The Morgan fingerprint density at radius 2 is 1.96 bits per heavy atom. The number of benzene rings is 2. The lowest BCUT2D eigenvalue weighted by Gasteiger charge is -2.24. The molecule has 138 valence electrons. The Morgan fingerprint density at radius 1 is 1.19 bits per heavy atom. The van der Waals surface area contributed by atoms with Gasteiger partial charge in [-0.2, -0.15) is 4.68 Å². The Kier molecular flexibility index (Phi) is 5.40. The van der Waals surface area contributed by atoms with Crippen LogP contribution in [0.2, 0.25) is 0 Å². The normalized spacial score (nSPS) is 16.6. The van der Waals surface area contributed by atoms with E-state index >= 15 is 0 Å². The van der Waals surface area contributed by atoms with Gasteiger partial charge in [0.15, 0.2) is 0 Å². The lowest BCUT2D eigenvalue weighted by atomic mass is 10.2. The maximum atomic E-state index is 14.1. The molecule has 0 unspecified atom stereocenters. The van der Waals surface area contributed by atoms with Crippen LogP contribution in [0.1, 0.15) is 10.9 Å². The van der Waals surface area contributed by atoms with E-state index in [-0.39, 0.29) is 22.9 Å². The number of rotatable bonds is 5. The molecule has 1 atom stereocenters. The van der Waals surface area contributed by atoms with Crippen LogP contribution in [-0.2, 0) is 4.79 Å². The van der Waals surface area contributed by atoms with Crippen molar-refractivity contribution in [2.75, 3.05) is 18.1 Å². The van der Waals surface area contributed by atoms with Crippen LogP contribution in [0.4, 0.5) is 4.39 Å². The van der Waals surface area contributed by atoms with Crippen molar-refractivity contribution < 1.29 is 9.18 Å². The minimum atomic E-state index is -0.288. The van der Waals surface area contributed by atoms with Crippen molar-refractivity contribution in [3.63, 3.8) is 0 Å². The van der Waals surface area contributed by atoms with Gasteiger partial charge in [0.05, 0.1) is 11.4 Å². The summed E-state index contributed by atoms with van der Waals surface area (Å²) in [7, 11) is 0. The topological polar surface area (TPSA) is 63.9 Å². The minimum absolute atomic E-state index is 0.0548. The van der Waals surface area contributed by atoms with E-state index in [1.165, 1.54) is 17.8 Å². The third-order valence-corrected chi connectivity index (χ3v) is 6.30. The van der Waals surface area contributed by atoms with Gasteiger partial charge in [-0.3, -0.25) is 4.79 Å². The van der Waals surface area contributed by atoms with E-state index in [2.05, 4.69) is 15.5 Å². The second-order valence-corrected chi connectivity index (χ2v) is 7.96. The standard InChI is InChI=1S/C18H16FN5OS2/c19-15-9-5-4-8-14(15)17-23(10-11-26-17)16(25)12-27-18-20-21-22-24(18)13-6-2-1-3-7-13/h1-9,17H,10-12H2/t17-/m1/s1. The molecule has 9 heteroatoms. The fourth-order valence-corrected chi connectivity index (χ4v) is 4.94. The summed E-state index contributed by atoms with van der Waals surface area (Å²) in [6.45, 7) is 0.604. The van der Waals surface area contributed by atoms with Crippen LogP contribution in [0.3, 0.4) is 0 Å². The molecule has 2 aromatic carbocycles. The number of para-hydroxylation sites is 1. The predicted octanol–water partition coefficient (Wildman–Crippen LogP) is 3.17. The summed E-state index contributed by atoms with van der Waals surface area (Å²) in [6.07, 6.45) is 0. The van der Waals surface area contributed by atoms with Gasteiger partial charge in [-0.05, 0) is 28.6 Å². The summed E-state index contributed by atoms with van der Waals surface area (Å²) in [5, 5.41) is 12.0. The van der Waals surface area contributed by atoms with Crippen molar-refractivity contribution in [2.45, 2.75) is 10.5 Å². The maximum absolute atomic E-state index is 14.1. The highest BCUT2D eigenvalue weighted by Crippen LogP contribution is 2.39. The molecule has 0 spiro atoms. The Balaban J connectivity index is 1.46. The van der Waals surface area contributed by atoms with Gasteiger partial charge in [-0.15, -0.1) is 16.9 Å².